The summed E-state index contributed by atoms with van der Waals surface area (Å²) in [5.41, 5.74) is 0.549. The van der Waals surface area contributed by atoms with Crippen molar-refractivity contribution >= 4 is 65.1 Å². The summed E-state index contributed by atoms with van der Waals surface area (Å²) in [6.45, 7) is 0. The molecule has 0 N–H and O–H groups in total. The van der Waals surface area contributed by atoms with Crippen LogP contribution in [-0.4, -0.2) is 54.1 Å². The van der Waals surface area contributed by atoms with Crippen LogP contribution < -0.4 is 7.29 Å². The SMILES string of the molecule is [CH3][Sn]([CH3])([CH3])[c]1ccccc1S(=O)(=O)n1[c]([Sn]([CH3])([CH3])[CH3])cc2cccnc21. The molecule has 2 heterocycles. The molecule has 138 valence electrons. The molecule has 0 unspecified atom stereocenters. The molecule has 0 saturated carbocycles. The Balaban J connectivity index is 2.41. The van der Waals surface area contributed by atoms with E-state index in [1.165, 1.54) is 0 Å². The van der Waals surface area contributed by atoms with Crippen molar-refractivity contribution in [3.05, 3.63) is 48.7 Å². The summed E-state index contributed by atoms with van der Waals surface area (Å²) in [5.74, 6) is 0. The van der Waals surface area contributed by atoms with E-state index < -0.39 is 46.8 Å². The first-order valence-electron chi connectivity index (χ1n) is 8.76. The third kappa shape index (κ3) is 3.58. The predicted molar refractivity (Wildman–Crippen MR) is 115 cm³/mol. The van der Waals surface area contributed by atoms with Gasteiger partial charge in [-0.1, -0.05) is 0 Å². The average molecular weight is 584 g/mol. The fourth-order valence-corrected chi connectivity index (χ4v) is 18.5. The van der Waals surface area contributed by atoms with Crippen molar-refractivity contribution in [2.75, 3.05) is 0 Å². The Bertz CT molecular complexity index is 1070. The standard InChI is InChI=1S/C13H8N2O2S.6CH3.2Sn/c16-18(17,12-6-2-1-3-7-12)15-10-8-11-5-4-9-14-13(11)15;;;;;;;;/h1-6,8-9H;6*1H3;;. The number of hydrogen-bond donors (Lipinski definition) is 0. The van der Waals surface area contributed by atoms with Gasteiger partial charge in [0.05, 0.1) is 0 Å². The zero-order chi connectivity index (χ0) is 19.3. The van der Waals surface area contributed by atoms with Crippen LogP contribution in [0.2, 0.25) is 29.6 Å². The molecule has 0 aliphatic carbocycles. The van der Waals surface area contributed by atoms with Crippen LogP contribution in [0.15, 0.2) is 53.6 Å². The predicted octanol–water partition coefficient (Wildman–Crippen LogP) is 3.36. The number of hydrogen-bond acceptors (Lipinski definition) is 3. The number of pyridine rings is 1. The summed E-state index contributed by atoms with van der Waals surface area (Å²) in [7, 11) is -3.69. The van der Waals surface area contributed by atoms with Crippen LogP contribution >= 0.6 is 0 Å². The second-order valence-corrected chi connectivity index (χ2v) is 39.2. The Morgan fingerprint density at radius 2 is 1.54 bits per heavy atom. The molecule has 3 rings (SSSR count). The van der Waals surface area contributed by atoms with Crippen LogP contribution in [0.5, 0.6) is 0 Å². The van der Waals surface area contributed by atoms with Gasteiger partial charge in [0.25, 0.3) is 0 Å². The molecule has 0 atom stereocenters. The van der Waals surface area contributed by atoms with Gasteiger partial charge in [-0.05, 0) is 0 Å². The van der Waals surface area contributed by atoms with Gasteiger partial charge in [0.1, 0.15) is 0 Å². The molecule has 0 amide bonds. The Morgan fingerprint density at radius 3 is 2.15 bits per heavy atom. The molecule has 0 aliphatic rings. The van der Waals surface area contributed by atoms with E-state index in [9.17, 15) is 8.42 Å². The zero-order valence-electron chi connectivity index (χ0n) is 16.2. The van der Waals surface area contributed by atoms with Crippen LogP contribution in [0, 0.1) is 0 Å². The van der Waals surface area contributed by atoms with Crippen molar-refractivity contribution in [3.63, 3.8) is 0 Å². The normalized spacial score (nSPS) is 13.3. The van der Waals surface area contributed by atoms with Crippen molar-refractivity contribution < 1.29 is 8.42 Å². The first-order chi connectivity index (χ1) is 11.9. The zero-order valence-corrected chi connectivity index (χ0v) is 22.8. The van der Waals surface area contributed by atoms with E-state index in [2.05, 4.69) is 34.6 Å². The van der Waals surface area contributed by atoms with Crippen molar-refractivity contribution in [2.24, 2.45) is 0 Å². The first kappa shape index (κ1) is 20.2. The Hall–Kier alpha value is -0.543. The molecule has 0 spiro atoms. The maximum atomic E-state index is 13.8. The van der Waals surface area contributed by atoms with E-state index in [1.807, 2.05) is 36.4 Å². The van der Waals surface area contributed by atoms with Crippen LogP contribution in [0.4, 0.5) is 0 Å². The fraction of sp³-hybridized carbons (Fsp3) is 0.316. The summed E-state index contributed by atoms with van der Waals surface area (Å²) in [4.78, 5) is 18.4. The van der Waals surface area contributed by atoms with E-state index in [-0.39, 0.29) is 0 Å². The number of benzene rings is 1. The van der Waals surface area contributed by atoms with Crippen molar-refractivity contribution in [1.82, 2.24) is 8.96 Å². The third-order valence-electron chi connectivity index (χ3n) is 4.50. The van der Waals surface area contributed by atoms with E-state index >= 15 is 0 Å². The number of nitrogens with zero attached hydrogens (tertiary/aromatic N) is 2. The molecule has 0 fully saturated rings. The van der Waals surface area contributed by atoms with Crippen molar-refractivity contribution in [3.8, 4) is 0 Å². The van der Waals surface area contributed by atoms with Gasteiger partial charge in [-0.15, -0.1) is 0 Å². The fourth-order valence-electron chi connectivity index (χ4n) is 3.19. The Labute approximate surface area is 164 Å². The third-order valence-corrected chi connectivity index (χ3v) is 18.5. The molecule has 1 aromatic carbocycles. The second-order valence-electron chi connectivity index (χ2n) is 8.71. The molecule has 0 radical (unpaired) electrons. The van der Waals surface area contributed by atoms with Gasteiger partial charge in [0, 0.05) is 0 Å². The second kappa shape index (κ2) is 6.81. The summed E-state index contributed by atoms with van der Waals surface area (Å²) in [5, 5.41) is 0.898. The van der Waals surface area contributed by atoms with Crippen molar-refractivity contribution in [1.29, 1.82) is 0 Å². The van der Waals surface area contributed by atoms with E-state index in [0.29, 0.717) is 10.5 Å². The summed E-state index contributed by atoms with van der Waals surface area (Å²) < 4.78 is 31.2. The number of aromatic nitrogens is 2. The molecular weight excluding hydrogens is 558 g/mol. The van der Waals surface area contributed by atoms with E-state index in [4.69, 9.17) is 0 Å². The molecule has 26 heavy (non-hydrogen) atoms. The molecule has 4 nitrogen and oxygen atoms in total. The topological polar surface area (TPSA) is 52.0 Å². The summed E-state index contributed by atoms with van der Waals surface area (Å²) in [6, 6.07) is 13.4. The molecule has 0 saturated heterocycles. The van der Waals surface area contributed by atoms with E-state index in [1.54, 1.807) is 16.2 Å². The summed E-state index contributed by atoms with van der Waals surface area (Å²) >= 11 is -5.34. The van der Waals surface area contributed by atoms with Crippen molar-refractivity contribution in [2.45, 2.75) is 34.5 Å². The maximum absolute atomic E-state index is 13.8. The van der Waals surface area contributed by atoms with E-state index in [0.717, 1.165) is 12.7 Å². The van der Waals surface area contributed by atoms with Gasteiger partial charge in [-0.3, -0.25) is 0 Å². The summed E-state index contributed by atoms with van der Waals surface area (Å²) in [6.07, 6.45) is 1.67. The molecular formula is C19H26N2O2SSn2. The molecule has 7 heteroatoms. The molecule has 2 aromatic heterocycles. The minimum absolute atomic E-state index is 0.461. The van der Waals surface area contributed by atoms with Crippen LogP contribution in [-0.2, 0) is 10.0 Å². The molecule has 0 bridgehead atoms. The molecule has 0 aliphatic heterocycles. The van der Waals surface area contributed by atoms with Gasteiger partial charge in [-0.2, -0.15) is 0 Å². The van der Waals surface area contributed by atoms with Gasteiger partial charge in [0.2, 0.25) is 0 Å². The van der Waals surface area contributed by atoms with Crippen LogP contribution in [0.25, 0.3) is 11.0 Å². The van der Waals surface area contributed by atoms with Crippen LogP contribution in [0.3, 0.4) is 0 Å². The average Bonchev–Trinajstić information content (AvgIpc) is 2.94. The minimum atomic E-state index is -3.69. The number of fused-ring (bicyclic) bond motifs is 1. The van der Waals surface area contributed by atoms with Crippen LogP contribution in [0.1, 0.15) is 0 Å². The van der Waals surface area contributed by atoms with Gasteiger partial charge in [0.15, 0.2) is 0 Å². The number of rotatable bonds is 4. The quantitative estimate of drug-likeness (QED) is 0.443. The Kier molecular flexibility index (Phi) is 5.29. The monoisotopic (exact) mass is 586 g/mol. The Morgan fingerprint density at radius 1 is 0.885 bits per heavy atom. The first-order valence-corrected chi connectivity index (χ1v) is 30.2. The van der Waals surface area contributed by atoms with Gasteiger partial charge >= 0.3 is 166 Å². The van der Waals surface area contributed by atoms with Gasteiger partial charge < -0.3 is 0 Å². The van der Waals surface area contributed by atoms with Gasteiger partial charge in [-0.25, -0.2) is 0 Å². The molecule has 3 aromatic rings.